The highest BCUT2D eigenvalue weighted by molar-refractivity contribution is 5.92. The highest BCUT2D eigenvalue weighted by Gasteiger charge is 2.20. The number of ether oxygens (including phenoxy) is 2. The minimum absolute atomic E-state index is 0.417. The van der Waals surface area contributed by atoms with Gasteiger partial charge in [0.2, 0.25) is 0 Å². The van der Waals surface area contributed by atoms with Gasteiger partial charge >= 0.3 is 0 Å². The van der Waals surface area contributed by atoms with Crippen LogP contribution in [0.15, 0.2) is 29.3 Å². The van der Waals surface area contributed by atoms with E-state index in [-0.39, 0.29) is 0 Å². The summed E-state index contributed by atoms with van der Waals surface area (Å²) in [5.41, 5.74) is 6.70. The molecule has 0 heterocycles. The quantitative estimate of drug-likeness (QED) is 0.434. The van der Waals surface area contributed by atoms with Crippen LogP contribution in [0.1, 0.15) is 19.3 Å². The molecule has 0 radical (unpaired) electrons. The largest absolute Gasteiger partial charge is 0.497 e. The van der Waals surface area contributed by atoms with E-state index >= 15 is 0 Å². The van der Waals surface area contributed by atoms with E-state index in [1.165, 1.54) is 12.8 Å². The number of hydrogen-bond acceptors (Lipinski definition) is 3. The van der Waals surface area contributed by atoms with Crippen molar-refractivity contribution in [3.63, 3.8) is 0 Å². The number of anilines is 1. The average molecular weight is 277 g/mol. The van der Waals surface area contributed by atoms with Crippen LogP contribution in [-0.4, -0.2) is 32.8 Å². The van der Waals surface area contributed by atoms with Crippen molar-refractivity contribution in [3.05, 3.63) is 24.3 Å². The van der Waals surface area contributed by atoms with Gasteiger partial charge in [-0.3, -0.25) is 4.99 Å². The number of aliphatic imine (C=N–C) groups is 1. The zero-order valence-electron chi connectivity index (χ0n) is 12.0. The lowest BCUT2D eigenvalue weighted by Gasteiger charge is -2.07. The summed E-state index contributed by atoms with van der Waals surface area (Å²) < 4.78 is 10.7. The molecule has 5 nitrogen and oxygen atoms in total. The van der Waals surface area contributed by atoms with Crippen molar-refractivity contribution < 1.29 is 9.47 Å². The van der Waals surface area contributed by atoms with E-state index in [2.05, 4.69) is 10.3 Å². The third-order valence-electron chi connectivity index (χ3n) is 3.12. The van der Waals surface area contributed by atoms with Gasteiger partial charge in [0.25, 0.3) is 0 Å². The Bertz CT molecular complexity index is 444. The molecule has 5 heteroatoms. The molecule has 1 aromatic carbocycles. The highest BCUT2D eigenvalue weighted by atomic mass is 16.5. The molecule has 20 heavy (non-hydrogen) atoms. The molecule has 0 amide bonds. The molecule has 2 rings (SSSR count). The molecule has 0 aliphatic heterocycles. The molecule has 1 aliphatic carbocycles. The molecule has 1 fully saturated rings. The fourth-order valence-corrected chi connectivity index (χ4v) is 1.79. The van der Waals surface area contributed by atoms with E-state index in [4.69, 9.17) is 15.2 Å². The van der Waals surface area contributed by atoms with Crippen LogP contribution in [0.5, 0.6) is 5.75 Å². The van der Waals surface area contributed by atoms with Gasteiger partial charge in [-0.15, -0.1) is 0 Å². The van der Waals surface area contributed by atoms with Gasteiger partial charge in [-0.2, -0.15) is 0 Å². The van der Waals surface area contributed by atoms with Gasteiger partial charge in [0.05, 0.1) is 7.11 Å². The van der Waals surface area contributed by atoms with Crippen molar-refractivity contribution >= 4 is 11.6 Å². The SMILES string of the molecule is COc1cccc(NC(N)=NCCCOCC2CC2)c1. The van der Waals surface area contributed by atoms with Crippen molar-refractivity contribution in [1.82, 2.24) is 0 Å². The lowest BCUT2D eigenvalue weighted by Crippen LogP contribution is -2.23. The molecule has 0 aromatic heterocycles. The average Bonchev–Trinajstić information content (AvgIpc) is 3.27. The summed E-state index contributed by atoms with van der Waals surface area (Å²) in [6.07, 6.45) is 3.55. The van der Waals surface area contributed by atoms with Crippen LogP contribution in [0.25, 0.3) is 0 Å². The number of methoxy groups -OCH3 is 1. The second-order valence-corrected chi connectivity index (χ2v) is 5.00. The summed E-state index contributed by atoms with van der Waals surface area (Å²) in [5.74, 6) is 2.02. The lowest BCUT2D eigenvalue weighted by molar-refractivity contribution is 0.123. The van der Waals surface area contributed by atoms with Gasteiger partial charge in [-0.05, 0) is 37.3 Å². The first-order chi connectivity index (χ1) is 9.78. The van der Waals surface area contributed by atoms with E-state index in [1.807, 2.05) is 24.3 Å². The van der Waals surface area contributed by atoms with Crippen LogP contribution in [0.2, 0.25) is 0 Å². The zero-order chi connectivity index (χ0) is 14.2. The fourth-order valence-electron chi connectivity index (χ4n) is 1.79. The molecule has 3 N–H and O–H groups in total. The second kappa shape index (κ2) is 7.75. The Labute approximate surface area is 120 Å². The molecule has 0 bridgehead atoms. The fraction of sp³-hybridized carbons (Fsp3) is 0.533. The Morgan fingerprint density at radius 3 is 3.05 bits per heavy atom. The van der Waals surface area contributed by atoms with Gasteiger partial charge in [-0.1, -0.05) is 6.07 Å². The second-order valence-electron chi connectivity index (χ2n) is 5.00. The Morgan fingerprint density at radius 1 is 1.45 bits per heavy atom. The monoisotopic (exact) mass is 277 g/mol. The minimum atomic E-state index is 0.417. The van der Waals surface area contributed by atoms with Gasteiger partial charge in [0.15, 0.2) is 5.96 Å². The normalized spacial score (nSPS) is 15.2. The number of nitrogens with zero attached hydrogens (tertiary/aromatic N) is 1. The molecule has 1 saturated carbocycles. The van der Waals surface area contributed by atoms with Crippen molar-refractivity contribution in [3.8, 4) is 5.75 Å². The first kappa shape index (κ1) is 14.7. The third-order valence-corrected chi connectivity index (χ3v) is 3.12. The zero-order valence-corrected chi connectivity index (χ0v) is 12.0. The molecule has 1 aliphatic rings. The Balaban J connectivity index is 1.64. The molecule has 0 unspecified atom stereocenters. The first-order valence-electron chi connectivity index (χ1n) is 7.06. The third kappa shape index (κ3) is 5.48. The van der Waals surface area contributed by atoms with Crippen molar-refractivity contribution in [2.45, 2.75) is 19.3 Å². The predicted octanol–water partition coefficient (Wildman–Crippen LogP) is 2.24. The summed E-state index contributed by atoms with van der Waals surface area (Å²) in [5, 5.41) is 3.04. The minimum Gasteiger partial charge on any atom is -0.497 e. The van der Waals surface area contributed by atoms with Crippen LogP contribution in [0.4, 0.5) is 5.69 Å². The number of benzene rings is 1. The summed E-state index contributed by atoms with van der Waals surface area (Å²) >= 11 is 0. The van der Waals surface area contributed by atoms with Crippen molar-refractivity contribution in [2.24, 2.45) is 16.6 Å². The van der Waals surface area contributed by atoms with Crippen LogP contribution >= 0.6 is 0 Å². The van der Waals surface area contributed by atoms with E-state index < -0.39 is 0 Å². The Morgan fingerprint density at radius 2 is 2.30 bits per heavy atom. The first-order valence-corrected chi connectivity index (χ1v) is 7.06. The van der Waals surface area contributed by atoms with E-state index in [0.717, 1.165) is 37.0 Å². The molecule has 0 saturated heterocycles. The number of guanidine groups is 1. The summed E-state index contributed by atoms with van der Waals surface area (Å²) in [6.45, 7) is 2.33. The van der Waals surface area contributed by atoms with Crippen LogP contribution < -0.4 is 15.8 Å². The maximum atomic E-state index is 5.83. The van der Waals surface area contributed by atoms with Gasteiger partial charge in [0, 0.05) is 31.5 Å². The van der Waals surface area contributed by atoms with Crippen molar-refractivity contribution in [1.29, 1.82) is 0 Å². The van der Waals surface area contributed by atoms with Gasteiger partial charge in [0.1, 0.15) is 5.75 Å². The number of hydrogen-bond donors (Lipinski definition) is 2. The van der Waals surface area contributed by atoms with Crippen LogP contribution in [-0.2, 0) is 4.74 Å². The Hall–Kier alpha value is -1.75. The molecular formula is C15H23N3O2. The summed E-state index contributed by atoms with van der Waals surface area (Å²) in [4.78, 5) is 4.27. The lowest BCUT2D eigenvalue weighted by atomic mass is 10.3. The molecule has 0 atom stereocenters. The number of nitrogens with one attached hydrogen (secondary N) is 1. The molecule has 110 valence electrons. The highest BCUT2D eigenvalue weighted by Crippen LogP contribution is 2.28. The summed E-state index contributed by atoms with van der Waals surface area (Å²) in [7, 11) is 1.64. The topological polar surface area (TPSA) is 68.9 Å². The van der Waals surface area contributed by atoms with E-state index in [0.29, 0.717) is 12.5 Å². The van der Waals surface area contributed by atoms with Crippen LogP contribution in [0.3, 0.4) is 0 Å². The van der Waals surface area contributed by atoms with Crippen molar-refractivity contribution in [2.75, 3.05) is 32.2 Å². The number of rotatable bonds is 8. The maximum Gasteiger partial charge on any atom is 0.193 e. The smallest absolute Gasteiger partial charge is 0.193 e. The standard InChI is InChI=1S/C15H23N3O2/c1-19-14-5-2-4-13(10-14)18-15(16)17-8-3-9-20-11-12-6-7-12/h2,4-5,10,12H,3,6-9,11H2,1H3,(H3,16,17,18). The molecule has 1 aromatic rings. The van der Waals surface area contributed by atoms with Gasteiger partial charge in [-0.25, -0.2) is 0 Å². The Kier molecular flexibility index (Phi) is 5.68. The number of nitrogens with two attached hydrogens (primary N) is 1. The summed E-state index contributed by atoms with van der Waals surface area (Å²) in [6, 6.07) is 7.58. The molecular weight excluding hydrogens is 254 g/mol. The van der Waals surface area contributed by atoms with Crippen LogP contribution in [0, 0.1) is 5.92 Å². The predicted molar refractivity (Wildman–Crippen MR) is 81.3 cm³/mol. The maximum absolute atomic E-state index is 5.83. The van der Waals surface area contributed by atoms with Gasteiger partial charge < -0.3 is 20.5 Å². The molecule has 0 spiro atoms. The van der Waals surface area contributed by atoms with E-state index in [9.17, 15) is 0 Å². The van der Waals surface area contributed by atoms with E-state index in [1.54, 1.807) is 7.11 Å².